The molecule has 0 fully saturated rings. The molecule has 0 spiro atoms. The summed E-state index contributed by atoms with van der Waals surface area (Å²) in [4.78, 5) is 24.9. The van der Waals surface area contributed by atoms with Gasteiger partial charge in [0.2, 0.25) is 0 Å². The van der Waals surface area contributed by atoms with E-state index in [0.717, 1.165) is 0 Å². The van der Waals surface area contributed by atoms with Gasteiger partial charge in [0, 0.05) is 11.1 Å². The lowest BCUT2D eigenvalue weighted by molar-refractivity contribution is 0.0920. The number of amides is 2. The third-order valence-electron chi connectivity index (χ3n) is 3.34. The van der Waals surface area contributed by atoms with Crippen molar-refractivity contribution in [3.8, 4) is 5.75 Å². The van der Waals surface area contributed by atoms with E-state index in [1.165, 1.54) is 0 Å². The number of carbonyl (C=O) groups is 2. The van der Waals surface area contributed by atoms with Gasteiger partial charge in [0.05, 0.1) is 17.9 Å². The quantitative estimate of drug-likeness (QED) is 0.868. The molecule has 2 N–H and O–H groups in total. The van der Waals surface area contributed by atoms with Crippen molar-refractivity contribution in [1.82, 2.24) is 5.32 Å². The second-order valence-corrected chi connectivity index (χ2v) is 6.66. The summed E-state index contributed by atoms with van der Waals surface area (Å²) < 4.78 is 5.37. The summed E-state index contributed by atoms with van der Waals surface area (Å²) in [6, 6.07) is 13.8. The van der Waals surface area contributed by atoms with Gasteiger partial charge in [-0.2, -0.15) is 0 Å². The number of nitrogens with one attached hydrogen (secondary N) is 2. The molecule has 2 aromatic rings. The highest BCUT2D eigenvalue weighted by molar-refractivity contribution is 6.09. The van der Waals surface area contributed by atoms with Gasteiger partial charge in [0.15, 0.2) is 0 Å². The Morgan fingerprint density at radius 1 is 0.960 bits per heavy atom. The number of rotatable bonds is 5. The van der Waals surface area contributed by atoms with Gasteiger partial charge in [-0.05, 0) is 64.1 Å². The first-order chi connectivity index (χ1) is 11.8. The van der Waals surface area contributed by atoms with Gasteiger partial charge >= 0.3 is 0 Å². The molecule has 25 heavy (non-hydrogen) atoms. The van der Waals surface area contributed by atoms with Gasteiger partial charge in [0.25, 0.3) is 11.8 Å². The third kappa shape index (κ3) is 5.35. The molecule has 2 rings (SSSR count). The molecule has 0 aromatic heterocycles. The number of benzene rings is 2. The summed E-state index contributed by atoms with van der Waals surface area (Å²) in [5, 5.41) is 5.71. The molecule has 0 aliphatic rings. The van der Waals surface area contributed by atoms with E-state index in [4.69, 9.17) is 4.74 Å². The van der Waals surface area contributed by atoms with Gasteiger partial charge in [-0.3, -0.25) is 9.59 Å². The first-order valence-electron chi connectivity index (χ1n) is 8.26. The van der Waals surface area contributed by atoms with Crippen molar-refractivity contribution >= 4 is 17.5 Å². The summed E-state index contributed by atoms with van der Waals surface area (Å²) in [6.07, 6.45) is 0. The van der Waals surface area contributed by atoms with E-state index in [1.54, 1.807) is 48.5 Å². The van der Waals surface area contributed by atoms with Crippen molar-refractivity contribution in [2.24, 2.45) is 0 Å². The SMILES string of the molecule is CCOc1ccc(C(=O)Nc2ccccc2C(=O)NC(C)(C)C)cc1. The number of ether oxygens (including phenoxy) is 1. The van der Waals surface area contributed by atoms with Gasteiger partial charge < -0.3 is 15.4 Å². The largest absolute Gasteiger partial charge is 0.494 e. The van der Waals surface area contributed by atoms with Crippen molar-refractivity contribution in [1.29, 1.82) is 0 Å². The minimum atomic E-state index is -0.358. The van der Waals surface area contributed by atoms with Crippen LogP contribution in [0.5, 0.6) is 5.75 Å². The van der Waals surface area contributed by atoms with E-state index in [-0.39, 0.29) is 17.4 Å². The van der Waals surface area contributed by atoms with E-state index in [9.17, 15) is 9.59 Å². The molecule has 0 atom stereocenters. The number of anilines is 1. The highest BCUT2D eigenvalue weighted by atomic mass is 16.5. The topological polar surface area (TPSA) is 67.4 Å². The van der Waals surface area contributed by atoms with Crippen molar-refractivity contribution in [2.45, 2.75) is 33.2 Å². The second-order valence-electron chi connectivity index (χ2n) is 6.66. The second kappa shape index (κ2) is 7.83. The van der Waals surface area contributed by atoms with E-state index < -0.39 is 0 Å². The van der Waals surface area contributed by atoms with Crippen molar-refractivity contribution in [3.05, 3.63) is 59.7 Å². The molecule has 5 heteroatoms. The summed E-state index contributed by atoms with van der Waals surface area (Å²) in [6.45, 7) is 8.20. The van der Waals surface area contributed by atoms with E-state index in [2.05, 4.69) is 10.6 Å². The molecule has 0 saturated heterocycles. The molecule has 5 nitrogen and oxygen atoms in total. The Labute approximate surface area is 148 Å². The number of carbonyl (C=O) groups excluding carboxylic acids is 2. The first kappa shape index (κ1) is 18.5. The summed E-state index contributed by atoms with van der Waals surface area (Å²) in [5.41, 5.74) is 1.04. The standard InChI is InChI=1S/C20H24N2O3/c1-5-25-15-12-10-14(11-13-15)18(23)21-17-9-7-6-8-16(17)19(24)22-20(2,3)4/h6-13H,5H2,1-4H3,(H,21,23)(H,22,24). The lowest BCUT2D eigenvalue weighted by atomic mass is 10.1. The zero-order valence-corrected chi connectivity index (χ0v) is 15.1. The minimum absolute atomic E-state index is 0.227. The molecule has 2 amide bonds. The fourth-order valence-electron chi connectivity index (χ4n) is 2.26. The van der Waals surface area contributed by atoms with Crippen molar-refractivity contribution in [3.63, 3.8) is 0 Å². The molecule has 0 aliphatic heterocycles. The van der Waals surface area contributed by atoms with Gasteiger partial charge in [-0.1, -0.05) is 12.1 Å². The molecule has 0 radical (unpaired) electrons. The fourth-order valence-corrected chi connectivity index (χ4v) is 2.26. The molecule has 0 saturated carbocycles. The van der Waals surface area contributed by atoms with Crippen LogP contribution in [0.2, 0.25) is 0 Å². The Hall–Kier alpha value is -2.82. The average molecular weight is 340 g/mol. The first-order valence-corrected chi connectivity index (χ1v) is 8.26. The normalized spacial score (nSPS) is 10.9. The highest BCUT2D eigenvalue weighted by Gasteiger charge is 2.18. The maximum absolute atomic E-state index is 12.5. The van der Waals surface area contributed by atoms with E-state index in [1.807, 2.05) is 27.7 Å². The highest BCUT2D eigenvalue weighted by Crippen LogP contribution is 2.18. The number of hydrogen-bond acceptors (Lipinski definition) is 3. The molecule has 0 bridgehead atoms. The van der Waals surface area contributed by atoms with Crippen LogP contribution in [-0.4, -0.2) is 24.0 Å². The lowest BCUT2D eigenvalue weighted by Crippen LogP contribution is -2.40. The molecular weight excluding hydrogens is 316 g/mol. The number of para-hydroxylation sites is 1. The Kier molecular flexibility index (Phi) is 5.80. The zero-order valence-electron chi connectivity index (χ0n) is 15.1. The molecule has 0 aliphatic carbocycles. The van der Waals surface area contributed by atoms with Crippen molar-refractivity contribution < 1.29 is 14.3 Å². The lowest BCUT2D eigenvalue weighted by Gasteiger charge is -2.21. The molecule has 0 heterocycles. The van der Waals surface area contributed by atoms with Crippen LogP contribution in [-0.2, 0) is 0 Å². The van der Waals surface area contributed by atoms with Crippen LogP contribution in [0, 0.1) is 0 Å². The zero-order chi connectivity index (χ0) is 18.4. The van der Waals surface area contributed by atoms with Gasteiger partial charge in [-0.25, -0.2) is 0 Å². The maximum atomic E-state index is 12.5. The summed E-state index contributed by atoms with van der Waals surface area (Å²) >= 11 is 0. The van der Waals surface area contributed by atoms with E-state index >= 15 is 0 Å². The molecule has 2 aromatic carbocycles. The van der Waals surface area contributed by atoms with Gasteiger partial charge in [-0.15, -0.1) is 0 Å². The van der Waals surface area contributed by atoms with E-state index in [0.29, 0.717) is 29.2 Å². The average Bonchev–Trinajstić information content (AvgIpc) is 2.54. The Morgan fingerprint density at radius 2 is 1.60 bits per heavy atom. The molecule has 132 valence electrons. The third-order valence-corrected chi connectivity index (χ3v) is 3.34. The maximum Gasteiger partial charge on any atom is 0.255 e. The molecule has 0 unspecified atom stereocenters. The van der Waals surface area contributed by atoms with Crippen LogP contribution in [0.25, 0.3) is 0 Å². The fraction of sp³-hybridized carbons (Fsp3) is 0.300. The predicted octanol–water partition coefficient (Wildman–Crippen LogP) is 3.87. The smallest absolute Gasteiger partial charge is 0.255 e. The van der Waals surface area contributed by atoms with Crippen molar-refractivity contribution in [2.75, 3.05) is 11.9 Å². The van der Waals surface area contributed by atoms with Crippen LogP contribution in [0.4, 0.5) is 5.69 Å². The van der Waals surface area contributed by atoms with Crippen LogP contribution < -0.4 is 15.4 Å². The Balaban J connectivity index is 2.17. The van der Waals surface area contributed by atoms with Gasteiger partial charge in [0.1, 0.15) is 5.75 Å². The molecular formula is C20H24N2O3. The van der Waals surface area contributed by atoms with Crippen LogP contribution in [0.15, 0.2) is 48.5 Å². The minimum Gasteiger partial charge on any atom is -0.494 e. The summed E-state index contributed by atoms with van der Waals surface area (Å²) in [7, 11) is 0. The van der Waals surface area contributed by atoms with Crippen LogP contribution in [0.3, 0.4) is 0 Å². The predicted molar refractivity (Wildman–Crippen MR) is 99.2 cm³/mol. The van der Waals surface area contributed by atoms with Crippen LogP contribution >= 0.6 is 0 Å². The monoisotopic (exact) mass is 340 g/mol. The number of hydrogen-bond donors (Lipinski definition) is 2. The Bertz CT molecular complexity index is 746. The Morgan fingerprint density at radius 3 is 2.20 bits per heavy atom. The summed E-state index contributed by atoms with van der Waals surface area (Å²) in [5.74, 6) is 0.207. The van der Waals surface area contributed by atoms with Crippen LogP contribution in [0.1, 0.15) is 48.4 Å².